The molecule has 0 amide bonds. The molecule has 0 aromatic heterocycles. The minimum Gasteiger partial charge on any atom is -0.408 e. The topological polar surface area (TPSA) is 62.1 Å². The largest absolute Gasteiger partial charge is 0.408 e. The maximum absolute atomic E-state index is 7.35. The number of nitrogens with zero attached hydrogens (tertiary/aromatic N) is 1. The lowest BCUT2D eigenvalue weighted by Crippen LogP contribution is -1.73. The number of oxime groups is 1. The smallest absolute Gasteiger partial charge is 0.255 e. The summed E-state index contributed by atoms with van der Waals surface area (Å²) in [7, 11) is 0. The Hall–Kier alpha value is -0.770. The van der Waals surface area contributed by atoms with Gasteiger partial charge in [0.05, 0.1) is 0 Å². The van der Waals surface area contributed by atoms with Crippen LogP contribution in [-0.4, -0.2) is 16.9 Å². The lowest BCUT2D eigenvalue weighted by atomic mass is 11.6. The van der Waals surface area contributed by atoms with Crippen molar-refractivity contribution in [1.82, 2.24) is 0 Å². The second-order valence-electron chi connectivity index (χ2n) is 0.326. The van der Waals surface area contributed by atoms with E-state index in [0.717, 1.165) is 0 Å². The second kappa shape index (κ2) is 3.23. The van der Waals surface area contributed by atoms with Crippen LogP contribution < -0.4 is 0 Å². The minimum absolute atomic E-state index is 0.486. The van der Waals surface area contributed by atoms with Gasteiger partial charge in [-0.1, -0.05) is 5.16 Å². The van der Waals surface area contributed by atoms with E-state index in [-0.39, 0.29) is 0 Å². The van der Waals surface area contributed by atoms with Crippen LogP contribution in [0.1, 0.15) is 0 Å². The Labute approximate surface area is 28.2 Å². The molecule has 0 aliphatic rings. The van der Waals surface area contributed by atoms with Gasteiger partial charge in [-0.25, -0.2) is 5.26 Å². The molecule has 0 aromatic carbocycles. The van der Waals surface area contributed by atoms with Crippen molar-refractivity contribution >= 4 is 6.40 Å². The summed E-state index contributed by atoms with van der Waals surface area (Å²) < 4.78 is 0. The first-order chi connectivity index (χ1) is 2.41. The molecular formula is CH3NO3. The zero-order valence-corrected chi connectivity index (χ0v) is 2.33. The zero-order chi connectivity index (χ0) is 4.12. The Morgan fingerprint density at radius 3 is 2.40 bits per heavy atom. The van der Waals surface area contributed by atoms with Crippen molar-refractivity contribution in [2.75, 3.05) is 0 Å². The summed E-state index contributed by atoms with van der Waals surface area (Å²) in [4.78, 5) is 3.15. The highest BCUT2D eigenvalue weighted by molar-refractivity contribution is 5.43. The summed E-state index contributed by atoms with van der Waals surface area (Å²) in [5, 5.41) is 16.9. The first-order valence-corrected chi connectivity index (χ1v) is 0.876. The van der Waals surface area contributed by atoms with Gasteiger partial charge in [0.2, 0.25) is 0 Å². The average Bonchev–Trinajstić information content (AvgIpc) is 1.41. The molecular weight excluding hydrogens is 74.0 g/mol. The lowest BCUT2D eigenvalue weighted by molar-refractivity contribution is -0.149. The first-order valence-electron chi connectivity index (χ1n) is 0.876. The molecule has 0 unspecified atom stereocenters. The molecule has 0 atom stereocenters. The van der Waals surface area contributed by atoms with Crippen molar-refractivity contribution in [3.05, 3.63) is 0 Å². The maximum atomic E-state index is 7.35. The van der Waals surface area contributed by atoms with Gasteiger partial charge < -0.3 is 10.1 Å². The monoisotopic (exact) mass is 77.0 g/mol. The molecule has 0 fully saturated rings. The molecule has 0 heterocycles. The molecule has 5 heavy (non-hydrogen) atoms. The summed E-state index contributed by atoms with van der Waals surface area (Å²) in [5.41, 5.74) is 0. The molecule has 0 bridgehead atoms. The molecule has 0 spiro atoms. The van der Waals surface area contributed by atoms with Crippen LogP contribution in [0.5, 0.6) is 0 Å². The summed E-state index contributed by atoms with van der Waals surface area (Å²) in [6.45, 7) is 0. The Morgan fingerprint density at radius 1 is 1.80 bits per heavy atom. The van der Waals surface area contributed by atoms with Crippen LogP contribution in [0.15, 0.2) is 5.16 Å². The standard InChI is InChI=1S/CH3NO3/c3-2-1-5-4/h1,3-4H. The zero-order valence-electron chi connectivity index (χ0n) is 2.33. The van der Waals surface area contributed by atoms with Gasteiger partial charge in [-0.2, -0.15) is 0 Å². The average molecular weight is 77.0 g/mol. The second-order valence-corrected chi connectivity index (χ2v) is 0.326. The van der Waals surface area contributed by atoms with Gasteiger partial charge in [-0.15, -0.1) is 0 Å². The number of hydrogen-bond donors (Lipinski definition) is 2. The van der Waals surface area contributed by atoms with Crippen LogP contribution in [0.2, 0.25) is 0 Å². The van der Waals surface area contributed by atoms with E-state index in [9.17, 15) is 0 Å². The van der Waals surface area contributed by atoms with Gasteiger partial charge in [-0.3, -0.25) is 0 Å². The van der Waals surface area contributed by atoms with E-state index in [1.165, 1.54) is 0 Å². The fourth-order valence-corrected chi connectivity index (χ4v) is 0.0211. The van der Waals surface area contributed by atoms with Gasteiger partial charge in [0.1, 0.15) is 0 Å². The summed E-state index contributed by atoms with van der Waals surface area (Å²) in [5.74, 6) is 0. The van der Waals surface area contributed by atoms with Crippen LogP contribution >= 0.6 is 0 Å². The fraction of sp³-hybridized carbons (Fsp3) is 0. The highest BCUT2D eigenvalue weighted by atomic mass is 17.1. The predicted octanol–water partition coefficient (Wildman–Crippen LogP) is -0.107. The van der Waals surface area contributed by atoms with E-state index >= 15 is 0 Å². The minimum atomic E-state index is 0.486. The van der Waals surface area contributed by atoms with Crippen molar-refractivity contribution in [3.8, 4) is 0 Å². The predicted molar refractivity (Wildman–Crippen MR) is 14.0 cm³/mol. The van der Waals surface area contributed by atoms with E-state index in [1.54, 1.807) is 0 Å². The molecule has 0 aliphatic carbocycles. The Kier molecular flexibility index (Phi) is 2.73. The lowest BCUT2D eigenvalue weighted by Gasteiger charge is -1.71. The van der Waals surface area contributed by atoms with E-state index in [2.05, 4.69) is 10.0 Å². The normalized spacial score (nSPS) is 9.00. The first kappa shape index (κ1) is 4.23. The van der Waals surface area contributed by atoms with E-state index in [0.29, 0.717) is 6.40 Å². The third-order valence-electron chi connectivity index (χ3n) is 0.0943. The van der Waals surface area contributed by atoms with Crippen LogP contribution in [-0.2, 0) is 4.89 Å². The molecule has 4 heteroatoms. The molecule has 0 rings (SSSR count). The molecule has 4 nitrogen and oxygen atoms in total. The van der Waals surface area contributed by atoms with Gasteiger partial charge in [0.15, 0.2) is 0 Å². The Balaban J connectivity index is 2.62. The molecule has 0 radical (unpaired) electrons. The molecule has 0 aromatic rings. The van der Waals surface area contributed by atoms with Gasteiger partial charge >= 0.3 is 0 Å². The van der Waals surface area contributed by atoms with E-state index in [1.807, 2.05) is 0 Å². The molecule has 2 N–H and O–H groups in total. The molecule has 0 aliphatic heterocycles. The van der Waals surface area contributed by atoms with Crippen molar-refractivity contribution in [1.29, 1.82) is 0 Å². The number of hydrogen-bond acceptors (Lipinski definition) is 4. The third-order valence-corrected chi connectivity index (χ3v) is 0.0943. The van der Waals surface area contributed by atoms with Crippen LogP contribution in [0, 0.1) is 0 Å². The van der Waals surface area contributed by atoms with Gasteiger partial charge in [-0.05, 0) is 0 Å². The summed E-state index contributed by atoms with van der Waals surface area (Å²) in [6, 6.07) is 0. The van der Waals surface area contributed by atoms with E-state index in [4.69, 9.17) is 10.5 Å². The summed E-state index contributed by atoms with van der Waals surface area (Å²) >= 11 is 0. The van der Waals surface area contributed by atoms with E-state index < -0.39 is 0 Å². The van der Waals surface area contributed by atoms with Crippen LogP contribution in [0.3, 0.4) is 0 Å². The Morgan fingerprint density at radius 2 is 2.40 bits per heavy atom. The van der Waals surface area contributed by atoms with Gasteiger partial charge in [0.25, 0.3) is 6.40 Å². The highest BCUT2D eigenvalue weighted by Crippen LogP contribution is 1.47. The third kappa shape index (κ3) is 3.23. The van der Waals surface area contributed by atoms with Crippen molar-refractivity contribution in [2.24, 2.45) is 5.16 Å². The van der Waals surface area contributed by atoms with Crippen molar-refractivity contribution in [2.45, 2.75) is 0 Å². The summed E-state index contributed by atoms with van der Waals surface area (Å²) in [6.07, 6.45) is 0.486. The van der Waals surface area contributed by atoms with Crippen LogP contribution in [0.25, 0.3) is 0 Å². The van der Waals surface area contributed by atoms with Gasteiger partial charge in [0, 0.05) is 0 Å². The fourth-order valence-electron chi connectivity index (χ4n) is 0.0211. The van der Waals surface area contributed by atoms with Crippen molar-refractivity contribution < 1.29 is 15.4 Å². The molecule has 0 saturated heterocycles. The highest BCUT2D eigenvalue weighted by Gasteiger charge is 1.52. The SMILES string of the molecule is ON=COO. The van der Waals surface area contributed by atoms with Crippen LogP contribution in [0.4, 0.5) is 0 Å². The van der Waals surface area contributed by atoms with Crippen molar-refractivity contribution in [3.63, 3.8) is 0 Å². The maximum Gasteiger partial charge on any atom is 0.255 e. The molecule has 0 saturated carbocycles. The molecule has 30 valence electrons. The number of rotatable bonds is 1. The quantitative estimate of drug-likeness (QED) is 0.151. The Bertz CT molecular complexity index is 33.9.